The highest BCUT2D eigenvalue weighted by Gasteiger charge is 2.25. The first kappa shape index (κ1) is 22.1. The van der Waals surface area contributed by atoms with Gasteiger partial charge in [0.2, 0.25) is 5.91 Å². The molecule has 0 aromatic heterocycles. The van der Waals surface area contributed by atoms with Gasteiger partial charge in [0.25, 0.3) is 15.9 Å². The smallest absolute Gasteiger partial charge is 0.261 e. The van der Waals surface area contributed by atoms with Gasteiger partial charge >= 0.3 is 0 Å². The van der Waals surface area contributed by atoms with E-state index in [0.717, 1.165) is 12.1 Å². The third kappa shape index (κ3) is 4.56. The van der Waals surface area contributed by atoms with E-state index in [4.69, 9.17) is 9.47 Å². The zero-order valence-electron chi connectivity index (χ0n) is 17.7. The SMILES string of the molecule is COc1ccc(S(=O)(=O)Nc2ccc(N3CCCC3=O)cc2)cc1C(=O)N1CCOCC1. The molecule has 2 fully saturated rings. The Labute approximate surface area is 187 Å². The Bertz CT molecular complexity index is 1110. The zero-order chi connectivity index (χ0) is 22.7. The minimum absolute atomic E-state index is 0.0475. The Balaban J connectivity index is 1.55. The minimum Gasteiger partial charge on any atom is -0.496 e. The second-order valence-electron chi connectivity index (χ2n) is 7.57. The van der Waals surface area contributed by atoms with Gasteiger partial charge in [0, 0.05) is 37.4 Å². The van der Waals surface area contributed by atoms with Crippen LogP contribution in [0.3, 0.4) is 0 Å². The molecule has 2 amide bonds. The Morgan fingerprint density at radius 2 is 1.78 bits per heavy atom. The summed E-state index contributed by atoms with van der Waals surface area (Å²) < 4.78 is 39.1. The maximum atomic E-state index is 13.0. The Morgan fingerprint density at radius 3 is 2.41 bits per heavy atom. The lowest BCUT2D eigenvalue weighted by atomic mass is 10.1. The number of anilines is 2. The van der Waals surface area contributed by atoms with Gasteiger partial charge in [-0.15, -0.1) is 0 Å². The third-order valence-electron chi connectivity index (χ3n) is 5.51. The van der Waals surface area contributed by atoms with Crippen LogP contribution >= 0.6 is 0 Å². The second kappa shape index (κ2) is 9.17. The van der Waals surface area contributed by atoms with Gasteiger partial charge in [-0.1, -0.05) is 0 Å². The molecule has 0 bridgehead atoms. The number of amides is 2. The number of hydrogen-bond acceptors (Lipinski definition) is 6. The van der Waals surface area contributed by atoms with Crippen LogP contribution in [0.4, 0.5) is 11.4 Å². The molecule has 0 spiro atoms. The summed E-state index contributed by atoms with van der Waals surface area (Å²) in [6, 6.07) is 10.9. The van der Waals surface area contributed by atoms with Gasteiger partial charge in [0.1, 0.15) is 5.75 Å². The first-order chi connectivity index (χ1) is 15.4. The number of morpholine rings is 1. The number of benzene rings is 2. The summed E-state index contributed by atoms with van der Waals surface area (Å²) in [6.45, 7) is 2.40. The zero-order valence-corrected chi connectivity index (χ0v) is 18.6. The number of sulfonamides is 1. The van der Waals surface area contributed by atoms with Crippen LogP contribution in [0.1, 0.15) is 23.2 Å². The van der Waals surface area contributed by atoms with Crippen LogP contribution in [0.15, 0.2) is 47.4 Å². The summed E-state index contributed by atoms with van der Waals surface area (Å²) in [5, 5.41) is 0. The van der Waals surface area contributed by atoms with Crippen molar-refractivity contribution >= 4 is 33.2 Å². The Hall–Kier alpha value is -3.11. The van der Waals surface area contributed by atoms with Gasteiger partial charge in [-0.25, -0.2) is 8.42 Å². The van der Waals surface area contributed by atoms with Crippen LogP contribution in [0.2, 0.25) is 0 Å². The topological polar surface area (TPSA) is 105 Å². The van der Waals surface area contributed by atoms with E-state index in [2.05, 4.69) is 4.72 Å². The van der Waals surface area contributed by atoms with Crippen LogP contribution in [0.25, 0.3) is 0 Å². The minimum atomic E-state index is -3.95. The Morgan fingerprint density at radius 1 is 1.06 bits per heavy atom. The fraction of sp³-hybridized carbons (Fsp3) is 0.364. The van der Waals surface area contributed by atoms with Crippen molar-refractivity contribution in [3.63, 3.8) is 0 Å². The summed E-state index contributed by atoms with van der Waals surface area (Å²) in [4.78, 5) is 28.1. The number of methoxy groups -OCH3 is 1. The van der Waals surface area contributed by atoms with Gasteiger partial charge in [-0.2, -0.15) is 0 Å². The van der Waals surface area contributed by atoms with Gasteiger partial charge in [-0.05, 0) is 48.9 Å². The molecule has 2 aliphatic rings. The molecule has 10 heteroatoms. The first-order valence-corrected chi connectivity index (χ1v) is 11.9. The van der Waals surface area contributed by atoms with E-state index >= 15 is 0 Å². The second-order valence-corrected chi connectivity index (χ2v) is 9.25. The van der Waals surface area contributed by atoms with Gasteiger partial charge in [0.15, 0.2) is 0 Å². The normalized spacial score (nSPS) is 16.8. The van der Waals surface area contributed by atoms with Crippen molar-refractivity contribution < 1.29 is 27.5 Å². The predicted octanol–water partition coefficient (Wildman–Crippen LogP) is 2.10. The van der Waals surface area contributed by atoms with Crippen molar-refractivity contribution in [1.82, 2.24) is 4.90 Å². The van der Waals surface area contributed by atoms with Gasteiger partial charge < -0.3 is 19.3 Å². The molecule has 0 atom stereocenters. The van der Waals surface area contributed by atoms with E-state index in [-0.39, 0.29) is 22.3 Å². The molecule has 2 saturated heterocycles. The number of nitrogens with one attached hydrogen (secondary N) is 1. The number of carbonyl (C=O) groups is 2. The van der Waals surface area contributed by atoms with Crippen LogP contribution in [-0.4, -0.2) is 65.1 Å². The molecule has 4 rings (SSSR count). The molecule has 0 radical (unpaired) electrons. The highest BCUT2D eigenvalue weighted by Crippen LogP contribution is 2.27. The van der Waals surface area contributed by atoms with Gasteiger partial charge in [0.05, 0.1) is 30.8 Å². The largest absolute Gasteiger partial charge is 0.496 e. The van der Waals surface area contributed by atoms with Crippen molar-refractivity contribution in [2.75, 3.05) is 49.6 Å². The van der Waals surface area contributed by atoms with Crippen molar-refractivity contribution in [2.24, 2.45) is 0 Å². The molecule has 170 valence electrons. The van der Waals surface area contributed by atoms with Crippen molar-refractivity contribution in [1.29, 1.82) is 0 Å². The summed E-state index contributed by atoms with van der Waals surface area (Å²) in [5.74, 6) is 0.0657. The molecule has 1 N–H and O–H groups in total. The lowest BCUT2D eigenvalue weighted by Crippen LogP contribution is -2.40. The molecule has 9 nitrogen and oxygen atoms in total. The third-order valence-corrected chi connectivity index (χ3v) is 6.89. The summed E-state index contributed by atoms with van der Waals surface area (Å²) in [7, 11) is -2.51. The molecule has 2 heterocycles. The van der Waals surface area contributed by atoms with E-state index < -0.39 is 10.0 Å². The van der Waals surface area contributed by atoms with E-state index in [1.807, 2.05) is 0 Å². The average molecular weight is 460 g/mol. The average Bonchev–Trinajstić information content (AvgIpc) is 3.24. The highest BCUT2D eigenvalue weighted by atomic mass is 32.2. The van der Waals surface area contributed by atoms with E-state index in [9.17, 15) is 18.0 Å². The summed E-state index contributed by atoms with van der Waals surface area (Å²) in [5.41, 5.74) is 1.27. The van der Waals surface area contributed by atoms with Crippen LogP contribution in [0.5, 0.6) is 5.75 Å². The number of ether oxygens (including phenoxy) is 2. The molecule has 2 aromatic carbocycles. The molecule has 32 heavy (non-hydrogen) atoms. The maximum Gasteiger partial charge on any atom is 0.261 e. The quantitative estimate of drug-likeness (QED) is 0.709. The fourth-order valence-corrected chi connectivity index (χ4v) is 4.89. The van der Waals surface area contributed by atoms with Crippen LogP contribution in [-0.2, 0) is 19.6 Å². The molecular weight excluding hydrogens is 434 g/mol. The number of rotatable bonds is 6. The molecular formula is C22H25N3O6S. The van der Waals surface area contributed by atoms with Crippen LogP contribution in [0, 0.1) is 0 Å². The van der Waals surface area contributed by atoms with Crippen molar-refractivity contribution in [3.05, 3.63) is 48.0 Å². The molecule has 2 aliphatic heterocycles. The number of nitrogens with zero attached hydrogens (tertiary/aromatic N) is 2. The highest BCUT2D eigenvalue weighted by molar-refractivity contribution is 7.92. The molecule has 0 saturated carbocycles. The van der Waals surface area contributed by atoms with Crippen molar-refractivity contribution in [3.8, 4) is 5.75 Å². The van der Waals surface area contributed by atoms with E-state index in [1.54, 1.807) is 34.1 Å². The molecule has 0 aliphatic carbocycles. The fourth-order valence-electron chi connectivity index (χ4n) is 3.80. The lowest BCUT2D eigenvalue weighted by molar-refractivity contribution is -0.117. The van der Waals surface area contributed by atoms with Crippen LogP contribution < -0.4 is 14.4 Å². The summed E-state index contributed by atoms with van der Waals surface area (Å²) >= 11 is 0. The Kier molecular flexibility index (Phi) is 6.33. The molecule has 2 aromatic rings. The van der Waals surface area contributed by atoms with Gasteiger partial charge in [-0.3, -0.25) is 14.3 Å². The van der Waals surface area contributed by atoms with E-state index in [1.165, 1.54) is 25.3 Å². The summed E-state index contributed by atoms with van der Waals surface area (Å²) in [6.07, 6.45) is 1.34. The molecule has 0 unspecified atom stereocenters. The lowest BCUT2D eigenvalue weighted by Gasteiger charge is -2.27. The number of hydrogen-bond donors (Lipinski definition) is 1. The van der Waals surface area contributed by atoms with E-state index in [0.29, 0.717) is 50.7 Å². The van der Waals surface area contributed by atoms with Crippen molar-refractivity contribution in [2.45, 2.75) is 17.7 Å². The standard InChI is InChI=1S/C22H25N3O6S/c1-30-20-9-8-18(15-19(20)22(27)24-11-13-31-14-12-24)32(28,29)23-16-4-6-17(7-5-16)25-10-2-3-21(25)26/h4-9,15,23H,2-3,10-14H2,1H3. The monoisotopic (exact) mass is 459 g/mol. The predicted molar refractivity (Wildman–Crippen MR) is 119 cm³/mol. The number of carbonyl (C=O) groups excluding carboxylic acids is 2. The maximum absolute atomic E-state index is 13.0. The first-order valence-electron chi connectivity index (χ1n) is 10.4.